The van der Waals surface area contributed by atoms with Crippen LogP contribution in [-0.4, -0.2) is 15.6 Å². The molecule has 3 nitrogen and oxygen atoms in total. The Morgan fingerprint density at radius 1 is 1.24 bits per heavy atom. The Labute approximate surface area is 127 Å². The zero-order valence-electron chi connectivity index (χ0n) is 13.0. The maximum atomic E-state index is 4.11. The molecule has 0 saturated heterocycles. The van der Waals surface area contributed by atoms with E-state index in [1.807, 2.05) is 23.3 Å². The molecule has 1 fully saturated rings. The molecule has 0 amide bonds. The summed E-state index contributed by atoms with van der Waals surface area (Å²) in [6.45, 7) is 4.80. The first-order valence-corrected chi connectivity index (χ1v) is 7.97. The summed E-state index contributed by atoms with van der Waals surface area (Å²) in [6, 6.07) is 9.19. The Morgan fingerprint density at radius 3 is 2.95 bits per heavy atom. The van der Waals surface area contributed by atoms with Gasteiger partial charge < -0.3 is 9.88 Å². The van der Waals surface area contributed by atoms with Crippen LogP contribution in [0.2, 0.25) is 0 Å². The first-order chi connectivity index (χ1) is 10.1. The summed E-state index contributed by atoms with van der Waals surface area (Å²) in [7, 11) is 0. The Kier molecular flexibility index (Phi) is 4.00. The van der Waals surface area contributed by atoms with Crippen molar-refractivity contribution in [1.82, 2.24) is 9.55 Å². The SMILES string of the molecule is CC1(C)CCCC(Nc2cccc(-n3ccnc3)c2)CC1. The molecule has 1 N–H and O–H groups in total. The van der Waals surface area contributed by atoms with E-state index < -0.39 is 0 Å². The van der Waals surface area contributed by atoms with Crippen molar-refractivity contribution in [1.29, 1.82) is 0 Å². The lowest BCUT2D eigenvalue weighted by molar-refractivity contribution is 0.313. The van der Waals surface area contributed by atoms with Crippen LogP contribution < -0.4 is 5.32 Å². The van der Waals surface area contributed by atoms with Gasteiger partial charge in [-0.2, -0.15) is 0 Å². The highest BCUT2D eigenvalue weighted by atomic mass is 15.0. The smallest absolute Gasteiger partial charge is 0.0991 e. The minimum Gasteiger partial charge on any atom is -0.382 e. The standard InChI is InChI=1S/C18H25N3/c1-18(2)9-4-6-15(8-10-18)20-16-5-3-7-17(13-16)21-12-11-19-14-21/h3,5,7,11-15,20H,4,6,8-10H2,1-2H3. The number of rotatable bonds is 3. The van der Waals surface area contributed by atoms with Crippen LogP contribution in [0.4, 0.5) is 5.69 Å². The zero-order chi connectivity index (χ0) is 14.7. The Balaban J connectivity index is 1.69. The molecule has 1 heterocycles. The molecule has 0 spiro atoms. The van der Waals surface area contributed by atoms with Crippen molar-refractivity contribution in [2.75, 3.05) is 5.32 Å². The number of aromatic nitrogens is 2. The Morgan fingerprint density at radius 2 is 2.14 bits per heavy atom. The molecule has 112 valence electrons. The predicted octanol–water partition coefficient (Wildman–Crippen LogP) is 4.64. The van der Waals surface area contributed by atoms with E-state index >= 15 is 0 Å². The highest BCUT2D eigenvalue weighted by molar-refractivity contribution is 5.51. The second kappa shape index (κ2) is 5.92. The molecule has 21 heavy (non-hydrogen) atoms. The van der Waals surface area contributed by atoms with E-state index in [9.17, 15) is 0 Å². The quantitative estimate of drug-likeness (QED) is 0.831. The van der Waals surface area contributed by atoms with Crippen LogP contribution in [-0.2, 0) is 0 Å². The fourth-order valence-corrected chi connectivity index (χ4v) is 3.21. The van der Waals surface area contributed by atoms with Crippen LogP contribution in [0.1, 0.15) is 46.0 Å². The highest BCUT2D eigenvalue weighted by Crippen LogP contribution is 2.34. The lowest BCUT2D eigenvalue weighted by Crippen LogP contribution is -2.19. The van der Waals surface area contributed by atoms with E-state index in [4.69, 9.17) is 0 Å². The number of nitrogens with one attached hydrogen (secondary N) is 1. The molecule has 3 rings (SSSR count). The minimum atomic E-state index is 0.509. The van der Waals surface area contributed by atoms with Gasteiger partial charge in [-0.25, -0.2) is 4.98 Å². The minimum absolute atomic E-state index is 0.509. The third kappa shape index (κ3) is 3.66. The number of anilines is 1. The molecular formula is C18H25N3. The Bertz CT molecular complexity index is 572. The summed E-state index contributed by atoms with van der Waals surface area (Å²) in [5, 5.41) is 3.73. The van der Waals surface area contributed by atoms with E-state index in [1.54, 1.807) is 0 Å². The molecule has 0 radical (unpaired) electrons. The monoisotopic (exact) mass is 283 g/mol. The molecule has 1 atom stereocenters. The number of hydrogen-bond donors (Lipinski definition) is 1. The second-order valence-electron chi connectivity index (χ2n) is 6.96. The zero-order valence-corrected chi connectivity index (χ0v) is 13.0. The van der Waals surface area contributed by atoms with Crippen molar-refractivity contribution in [2.24, 2.45) is 5.41 Å². The number of imidazole rings is 1. The molecule has 1 aliphatic carbocycles. The number of nitrogens with zero attached hydrogens (tertiary/aromatic N) is 2. The van der Waals surface area contributed by atoms with Crippen molar-refractivity contribution in [3.8, 4) is 5.69 Å². The fourth-order valence-electron chi connectivity index (χ4n) is 3.21. The van der Waals surface area contributed by atoms with Crippen molar-refractivity contribution in [2.45, 2.75) is 52.0 Å². The van der Waals surface area contributed by atoms with Crippen LogP contribution in [0.15, 0.2) is 43.0 Å². The molecule has 1 aliphatic rings. The van der Waals surface area contributed by atoms with Crippen LogP contribution in [0, 0.1) is 5.41 Å². The third-order valence-corrected chi connectivity index (χ3v) is 4.60. The predicted molar refractivity (Wildman–Crippen MR) is 87.8 cm³/mol. The van der Waals surface area contributed by atoms with Crippen LogP contribution in [0.25, 0.3) is 5.69 Å². The fraction of sp³-hybridized carbons (Fsp3) is 0.500. The van der Waals surface area contributed by atoms with Gasteiger partial charge >= 0.3 is 0 Å². The summed E-state index contributed by atoms with van der Waals surface area (Å²) < 4.78 is 2.04. The van der Waals surface area contributed by atoms with Crippen LogP contribution in [0.3, 0.4) is 0 Å². The van der Waals surface area contributed by atoms with Crippen molar-refractivity contribution >= 4 is 5.69 Å². The van der Waals surface area contributed by atoms with Crippen LogP contribution >= 0.6 is 0 Å². The molecular weight excluding hydrogens is 258 g/mol. The first-order valence-electron chi connectivity index (χ1n) is 7.97. The molecule has 1 saturated carbocycles. The molecule has 1 aromatic heterocycles. The van der Waals surface area contributed by atoms with Gasteiger partial charge in [0.2, 0.25) is 0 Å². The van der Waals surface area contributed by atoms with Crippen molar-refractivity contribution in [3.63, 3.8) is 0 Å². The maximum absolute atomic E-state index is 4.11. The largest absolute Gasteiger partial charge is 0.382 e. The maximum Gasteiger partial charge on any atom is 0.0991 e. The normalized spacial score (nSPS) is 21.7. The topological polar surface area (TPSA) is 29.9 Å². The van der Waals surface area contributed by atoms with Gasteiger partial charge in [0.15, 0.2) is 0 Å². The van der Waals surface area contributed by atoms with Gasteiger partial charge in [0.1, 0.15) is 0 Å². The lowest BCUT2D eigenvalue weighted by Gasteiger charge is -2.22. The second-order valence-corrected chi connectivity index (χ2v) is 6.96. The van der Waals surface area contributed by atoms with Gasteiger partial charge in [0.05, 0.1) is 6.33 Å². The average molecular weight is 283 g/mol. The van der Waals surface area contributed by atoms with Gasteiger partial charge in [-0.05, 0) is 49.3 Å². The van der Waals surface area contributed by atoms with E-state index in [0.717, 1.165) is 5.69 Å². The van der Waals surface area contributed by atoms with E-state index in [-0.39, 0.29) is 0 Å². The summed E-state index contributed by atoms with van der Waals surface area (Å²) in [5.74, 6) is 0. The van der Waals surface area contributed by atoms with Gasteiger partial charge in [-0.3, -0.25) is 0 Å². The Hall–Kier alpha value is -1.77. The molecule has 1 aromatic carbocycles. The summed E-state index contributed by atoms with van der Waals surface area (Å²) in [6.07, 6.45) is 12.2. The van der Waals surface area contributed by atoms with Gasteiger partial charge in [0.25, 0.3) is 0 Å². The van der Waals surface area contributed by atoms with Gasteiger partial charge in [-0.1, -0.05) is 26.3 Å². The van der Waals surface area contributed by atoms with Gasteiger partial charge in [0, 0.05) is 29.8 Å². The lowest BCUT2D eigenvalue weighted by atomic mass is 9.85. The van der Waals surface area contributed by atoms with Crippen molar-refractivity contribution < 1.29 is 0 Å². The summed E-state index contributed by atoms with van der Waals surface area (Å²) in [5.41, 5.74) is 2.88. The average Bonchev–Trinajstić information content (AvgIpc) is 2.93. The van der Waals surface area contributed by atoms with Crippen molar-refractivity contribution in [3.05, 3.63) is 43.0 Å². The molecule has 1 unspecified atom stereocenters. The molecule has 0 aliphatic heterocycles. The van der Waals surface area contributed by atoms with E-state index in [2.05, 4.69) is 48.4 Å². The van der Waals surface area contributed by atoms with Gasteiger partial charge in [-0.15, -0.1) is 0 Å². The van der Waals surface area contributed by atoms with E-state index in [1.165, 1.54) is 37.8 Å². The molecule has 2 aromatic rings. The highest BCUT2D eigenvalue weighted by Gasteiger charge is 2.24. The molecule has 3 heteroatoms. The van der Waals surface area contributed by atoms with Crippen LogP contribution in [0.5, 0.6) is 0 Å². The van der Waals surface area contributed by atoms with E-state index in [0.29, 0.717) is 11.5 Å². The number of benzene rings is 1. The first kappa shape index (κ1) is 14.2. The summed E-state index contributed by atoms with van der Waals surface area (Å²) in [4.78, 5) is 4.11. The summed E-state index contributed by atoms with van der Waals surface area (Å²) >= 11 is 0. The molecule has 0 bridgehead atoms. The third-order valence-electron chi connectivity index (χ3n) is 4.60. The number of hydrogen-bond acceptors (Lipinski definition) is 2.